The molecule has 0 N–H and O–H groups in total. The van der Waals surface area contributed by atoms with Gasteiger partial charge in [-0.2, -0.15) is 0 Å². The zero-order valence-corrected chi connectivity index (χ0v) is 12.5. The molecule has 2 aromatic carbocycles. The smallest absolute Gasteiger partial charge is 0.271 e. The highest BCUT2D eigenvalue weighted by Gasteiger charge is 2.12. The van der Waals surface area contributed by atoms with Crippen molar-refractivity contribution in [1.82, 2.24) is 4.98 Å². The van der Waals surface area contributed by atoms with Gasteiger partial charge < -0.3 is 4.74 Å². The van der Waals surface area contributed by atoms with Crippen molar-refractivity contribution in [3.8, 4) is 5.75 Å². The van der Waals surface area contributed by atoms with E-state index in [1.165, 1.54) is 30.3 Å². The molecule has 1 heterocycles. The zero-order valence-electron chi connectivity index (χ0n) is 11.7. The summed E-state index contributed by atoms with van der Waals surface area (Å²) in [6.07, 6.45) is 1.61. The Balaban J connectivity index is 1.88. The predicted molar refractivity (Wildman–Crippen MR) is 84.1 cm³/mol. The van der Waals surface area contributed by atoms with E-state index in [2.05, 4.69) is 4.98 Å². The third kappa shape index (κ3) is 3.22. The van der Waals surface area contributed by atoms with Crippen LogP contribution < -0.4 is 4.74 Å². The van der Waals surface area contributed by atoms with Gasteiger partial charge in [0.1, 0.15) is 18.2 Å². The summed E-state index contributed by atoms with van der Waals surface area (Å²) in [5.74, 6) is -0.107. The molecule has 0 aliphatic carbocycles. The summed E-state index contributed by atoms with van der Waals surface area (Å²) in [6, 6.07) is 10.1. The number of halogens is 2. The average molecular weight is 333 g/mol. The Labute approximate surface area is 135 Å². The second kappa shape index (κ2) is 6.18. The molecule has 0 fully saturated rings. The Morgan fingerprint density at radius 1 is 1.26 bits per heavy atom. The summed E-state index contributed by atoms with van der Waals surface area (Å²) in [5.41, 5.74) is 1.07. The SMILES string of the molecule is O=[N+]([O-])c1ccc(OCc2cc(F)cc3cccnc23)c(Cl)c1. The van der Waals surface area contributed by atoms with Gasteiger partial charge in [0.05, 0.1) is 15.5 Å². The van der Waals surface area contributed by atoms with E-state index in [1.54, 1.807) is 18.3 Å². The topological polar surface area (TPSA) is 65.3 Å². The molecule has 1 aromatic heterocycles. The van der Waals surface area contributed by atoms with Gasteiger partial charge in [-0.05, 0) is 24.3 Å². The van der Waals surface area contributed by atoms with Crippen LogP contribution in [0, 0.1) is 15.9 Å². The van der Waals surface area contributed by atoms with Crippen LogP contribution in [0.4, 0.5) is 10.1 Å². The number of rotatable bonds is 4. The molecule has 7 heteroatoms. The van der Waals surface area contributed by atoms with E-state index in [0.717, 1.165) is 0 Å². The molecule has 0 unspecified atom stereocenters. The monoisotopic (exact) mass is 332 g/mol. The third-order valence-corrected chi connectivity index (χ3v) is 3.55. The number of nitro benzene ring substituents is 1. The molecule has 0 aliphatic rings. The molecule has 0 amide bonds. The van der Waals surface area contributed by atoms with Crippen LogP contribution in [0.15, 0.2) is 48.7 Å². The molecule has 0 aliphatic heterocycles. The van der Waals surface area contributed by atoms with Crippen LogP contribution in [0.25, 0.3) is 10.9 Å². The van der Waals surface area contributed by atoms with Gasteiger partial charge in [-0.15, -0.1) is 0 Å². The number of benzene rings is 2. The van der Waals surface area contributed by atoms with Gasteiger partial charge >= 0.3 is 0 Å². The molecule has 0 bridgehead atoms. The van der Waals surface area contributed by atoms with Crippen molar-refractivity contribution in [1.29, 1.82) is 0 Å². The number of hydrogen-bond donors (Lipinski definition) is 0. The molecule has 5 nitrogen and oxygen atoms in total. The molecule has 0 atom stereocenters. The lowest BCUT2D eigenvalue weighted by molar-refractivity contribution is -0.384. The first-order chi connectivity index (χ1) is 11.0. The first-order valence-corrected chi connectivity index (χ1v) is 7.02. The van der Waals surface area contributed by atoms with Crippen LogP contribution >= 0.6 is 11.6 Å². The molecular weight excluding hydrogens is 323 g/mol. The molecule has 116 valence electrons. The number of pyridine rings is 1. The minimum Gasteiger partial charge on any atom is -0.487 e. The quantitative estimate of drug-likeness (QED) is 0.520. The van der Waals surface area contributed by atoms with Crippen LogP contribution in [0.2, 0.25) is 5.02 Å². The summed E-state index contributed by atoms with van der Waals surface area (Å²) in [7, 11) is 0. The molecular formula is C16H10ClFN2O3. The van der Waals surface area contributed by atoms with Crippen LogP contribution in [0.5, 0.6) is 5.75 Å². The van der Waals surface area contributed by atoms with Crippen molar-refractivity contribution in [3.63, 3.8) is 0 Å². The lowest BCUT2D eigenvalue weighted by Crippen LogP contribution is -1.99. The van der Waals surface area contributed by atoms with E-state index < -0.39 is 4.92 Å². The zero-order chi connectivity index (χ0) is 16.4. The maximum Gasteiger partial charge on any atom is 0.271 e. The molecule has 0 radical (unpaired) electrons. The van der Waals surface area contributed by atoms with E-state index in [4.69, 9.17) is 16.3 Å². The summed E-state index contributed by atoms with van der Waals surface area (Å²) in [5, 5.41) is 11.5. The second-order valence-electron chi connectivity index (χ2n) is 4.80. The molecule has 3 rings (SSSR count). The summed E-state index contributed by atoms with van der Waals surface area (Å²) in [4.78, 5) is 14.4. The van der Waals surface area contributed by atoms with E-state index >= 15 is 0 Å². The lowest BCUT2D eigenvalue weighted by Gasteiger charge is -2.10. The van der Waals surface area contributed by atoms with Gasteiger partial charge in [0.25, 0.3) is 5.69 Å². The van der Waals surface area contributed by atoms with Crippen LogP contribution in [-0.4, -0.2) is 9.91 Å². The fourth-order valence-electron chi connectivity index (χ4n) is 2.21. The molecule has 0 saturated carbocycles. The van der Waals surface area contributed by atoms with E-state index in [1.807, 2.05) is 0 Å². The fourth-order valence-corrected chi connectivity index (χ4v) is 2.44. The first-order valence-electron chi connectivity index (χ1n) is 6.64. The normalized spacial score (nSPS) is 10.7. The standard InChI is InChI=1S/C16H10ClFN2O3/c17-14-8-13(20(21)22)3-4-15(14)23-9-11-7-12(18)6-10-2-1-5-19-16(10)11/h1-8H,9H2. The Morgan fingerprint density at radius 3 is 2.83 bits per heavy atom. The van der Waals surface area contributed by atoms with Crippen molar-refractivity contribution >= 4 is 28.2 Å². The molecule has 0 spiro atoms. The summed E-state index contributed by atoms with van der Waals surface area (Å²) in [6.45, 7) is 0.0444. The van der Waals surface area contributed by atoms with Crippen molar-refractivity contribution in [2.24, 2.45) is 0 Å². The molecule has 23 heavy (non-hydrogen) atoms. The molecule has 3 aromatic rings. The third-order valence-electron chi connectivity index (χ3n) is 3.26. The lowest BCUT2D eigenvalue weighted by atomic mass is 10.1. The summed E-state index contributed by atoms with van der Waals surface area (Å²) >= 11 is 5.97. The van der Waals surface area contributed by atoms with Crippen molar-refractivity contribution < 1.29 is 14.1 Å². The number of nitro groups is 1. The van der Waals surface area contributed by atoms with Crippen molar-refractivity contribution in [3.05, 3.63) is 75.2 Å². The maximum atomic E-state index is 13.7. The Hall–Kier alpha value is -2.73. The Morgan fingerprint density at radius 2 is 2.09 bits per heavy atom. The van der Waals surface area contributed by atoms with Gasteiger partial charge in [-0.25, -0.2) is 4.39 Å². The number of ether oxygens (including phenoxy) is 1. The van der Waals surface area contributed by atoms with Gasteiger partial charge in [0.2, 0.25) is 0 Å². The van der Waals surface area contributed by atoms with Gasteiger partial charge in [-0.3, -0.25) is 15.1 Å². The largest absolute Gasteiger partial charge is 0.487 e. The number of nitrogens with zero attached hydrogens (tertiary/aromatic N) is 2. The highest BCUT2D eigenvalue weighted by molar-refractivity contribution is 6.32. The first kappa shape index (κ1) is 15.2. The number of non-ortho nitro benzene ring substituents is 1. The highest BCUT2D eigenvalue weighted by atomic mass is 35.5. The van der Waals surface area contributed by atoms with Gasteiger partial charge in [-0.1, -0.05) is 17.7 Å². The Bertz CT molecular complexity index is 902. The van der Waals surface area contributed by atoms with Crippen LogP contribution in [0.1, 0.15) is 5.56 Å². The van der Waals surface area contributed by atoms with Crippen LogP contribution in [-0.2, 0) is 6.61 Å². The number of aromatic nitrogens is 1. The number of hydrogen-bond acceptors (Lipinski definition) is 4. The van der Waals surface area contributed by atoms with Gasteiger partial charge in [0, 0.05) is 29.3 Å². The van der Waals surface area contributed by atoms with Crippen molar-refractivity contribution in [2.45, 2.75) is 6.61 Å². The van der Waals surface area contributed by atoms with Crippen LogP contribution in [0.3, 0.4) is 0 Å². The maximum absolute atomic E-state index is 13.7. The molecule has 0 saturated heterocycles. The Kier molecular flexibility index (Phi) is 4.08. The van der Waals surface area contributed by atoms with E-state index in [-0.39, 0.29) is 28.9 Å². The average Bonchev–Trinajstić information content (AvgIpc) is 2.53. The number of fused-ring (bicyclic) bond motifs is 1. The predicted octanol–water partition coefficient (Wildman–Crippen LogP) is 4.51. The van der Waals surface area contributed by atoms with E-state index in [9.17, 15) is 14.5 Å². The second-order valence-corrected chi connectivity index (χ2v) is 5.21. The minimum atomic E-state index is -0.542. The van der Waals surface area contributed by atoms with Gasteiger partial charge in [0.15, 0.2) is 0 Å². The van der Waals surface area contributed by atoms with Crippen molar-refractivity contribution in [2.75, 3.05) is 0 Å². The summed E-state index contributed by atoms with van der Waals surface area (Å²) < 4.78 is 19.2. The highest BCUT2D eigenvalue weighted by Crippen LogP contribution is 2.30. The van der Waals surface area contributed by atoms with E-state index in [0.29, 0.717) is 16.5 Å². The fraction of sp³-hybridized carbons (Fsp3) is 0.0625. The minimum absolute atomic E-state index is 0.0444.